The smallest absolute Gasteiger partial charge is 0.253 e. The molecule has 11 nitrogen and oxygen atoms in total. The van der Waals surface area contributed by atoms with Crippen LogP contribution in [-0.4, -0.2) is 68.8 Å². The Kier molecular flexibility index (Phi) is 9.06. The lowest BCUT2D eigenvalue weighted by atomic mass is 9.81. The zero-order chi connectivity index (χ0) is 25.5. The first-order chi connectivity index (χ1) is 15.8. The van der Waals surface area contributed by atoms with Gasteiger partial charge in [0, 0.05) is 37.6 Å². The zero-order valence-corrected chi connectivity index (χ0v) is 21.0. The van der Waals surface area contributed by atoms with Crippen molar-refractivity contribution in [1.82, 2.24) is 25.1 Å². The number of aliphatic imine (C=N–C) groups is 1. The molecule has 1 aromatic heterocycles. The highest BCUT2D eigenvalue weighted by Gasteiger charge is 2.45. The first kappa shape index (κ1) is 27.1. The van der Waals surface area contributed by atoms with Gasteiger partial charge in [-0.3, -0.25) is 19.4 Å². The largest absolute Gasteiger partial charge is 0.370 e. The van der Waals surface area contributed by atoms with Gasteiger partial charge in [0.15, 0.2) is 12.0 Å². The highest BCUT2D eigenvalue weighted by Crippen LogP contribution is 2.27. The van der Waals surface area contributed by atoms with E-state index in [-0.39, 0.29) is 23.8 Å². The number of carbonyl (C=O) groups is 3. The van der Waals surface area contributed by atoms with Crippen LogP contribution in [0.2, 0.25) is 0 Å². The number of piperazine rings is 1. The standard InChI is InChI=1S/C23H40N8O3/c1-22(2,3)14-23(4,5)29-19(33)17-18(32)28-16(8-6-9-27-21(24)25)20(34)31(17)12-7-11-30-13-10-26-15-30/h10,13,15-17H,6-9,11-12,14H2,1-5H3,(H,28,32)(H,29,33)(H4,24,25,27). The fourth-order valence-electron chi connectivity index (χ4n) is 4.59. The maximum atomic E-state index is 13.3. The Labute approximate surface area is 201 Å². The number of aromatic nitrogens is 2. The second-order valence-electron chi connectivity index (χ2n) is 10.7. The number of nitrogens with zero attached hydrogens (tertiary/aromatic N) is 4. The maximum absolute atomic E-state index is 13.3. The molecule has 3 amide bonds. The lowest BCUT2D eigenvalue weighted by molar-refractivity contribution is -0.155. The van der Waals surface area contributed by atoms with Gasteiger partial charge in [0.1, 0.15) is 6.04 Å². The monoisotopic (exact) mass is 476 g/mol. The van der Waals surface area contributed by atoms with Crippen molar-refractivity contribution in [3.63, 3.8) is 0 Å². The molecule has 34 heavy (non-hydrogen) atoms. The molecule has 2 heterocycles. The van der Waals surface area contributed by atoms with Gasteiger partial charge in [-0.2, -0.15) is 0 Å². The fourth-order valence-corrected chi connectivity index (χ4v) is 4.59. The number of nitrogens with two attached hydrogens (primary N) is 2. The summed E-state index contributed by atoms with van der Waals surface area (Å²) in [7, 11) is 0. The van der Waals surface area contributed by atoms with Gasteiger partial charge in [-0.1, -0.05) is 20.8 Å². The predicted octanol–water partition coefficient (Wildman–Crippen LogP) is 0.353. The third-order valence-corrected chi connectivity index (χ3v) is 5.46. The van der Waals surface area contributed by atoms with E-state index in [1.807, 2.05) is 24.6 Å². The van der Waals surface area contributed by atoms with Crippen LogP contribution in [0.25, 0.3) is 0 Å². The summed E-state index contributed by atoms with van der Waals surface area (Å²) < 4.78 is 1.89. The Bertz CT molecular complexity index is 869. The molecule has 1 fully saturated rings. The number of rotatable bonds is 11. The van der Waals surface area contributed by atoms with Crippen LogP contribution in [0.4, 0.5) is 0 Å². The molecule has 0 radical (unpaired) electrons. The van der Waals surface area contributed by atoms with E-state index in [0.29, 0.717) is 38.8 Å². The SMILES string of the molecule is CC(C)(C)CC(C)(C)NC(=O)C1C(=O)NC(CCCN=C(N)N)C(=O)N1CCCn1ccnc1. The molecule has 2 atom stereocenters. The van der Waals surface area contributed by atoms with Crippen molar-refractivity contribution in [2.75, 3.05) is 13.1 Å². The van der Waals surface area contributed by atoms with Crippen molar-refractivity contribution in [3.8, 4) is 0 Å². The lowest BCUT2D eigenvalue weighted by Crippen LogP contribution is -2.68. The summed E-state index contributed by atoms with van der Waals surface area (Å²) >= 11 is 0. The molecule has 1 aromatic rings. The van der Waals surface area contributed by atoms with Crippen molar-refractivity contribution in [1.29, 1.82) is 0 Å². The summed E-state index contributed by atoms with van der Waals surface area (Å²) in [5, 5.41) is 5.73. The quantitative estimate of drug-likeness (QED) is 0.156. The number of nitrogens with one attached hydrogen (secondary N) is 2. The van der Waals surface area contributed by atoms with E-state index in [2.05, 4.69) is 41.4 Å². The van der Waals surface area contributed by atoms with Crippen LogP contribution in [0.1, 0.15) is 60.3 Å². The minimum absolute atomic E-state index is 0.0188. The van der Waals surface area contributed by atoms with Crippen LogP contribution < -0.4 is 22.1 Å². The number of hydrogen-bond donors (Lipinski definition) is 4. The Hall–Kier alpha value is -3.11. The maximum Gasteiger partial charge on any atom is 0.253 e. The molecular weight excluding hydrogens is 436 g/mol. The van der Waals surface area contributed by atoms with Crippen LogP contribution >= 0.6 is 0 Å². The summed E-state index contributed by atoms with van der Waals surface area (Å²) in [5.74, 6) is -1.24. The van der Waals surface area contributed by atoms with Crippen LogP contribution in [-0.2, 0) is 20.9 Å². The van der Waals surface area contributed by atoms with E-state index in [0.717, 1.165) is 0 Å². The summed E-state index contributed by atoms with van der Waals surface area (Å²) in [5.41, 5.74) is 10.1. The molecule has 1 aliphatic heterocycles. The minimum Gasteiger partial charge on any atom is -0.370 e. The van der Waals surface area contributed by atoms with E-state index in [9.17, 15) is 14.4 Å². The van der Waals surface area contributed by atoms with Gasteiger partial charge < -0.3 is 31.6 Å². The molecule has 1 saturated heterocycles. The highest BCUT2D eigenvalue weighted by molar-refractivity contribution is 6.10. The van der Waals surface area contributed by atoms with Gasteiger partial charge in [-0.15, -0.1) is 0 Å². The van der Waals surface area contributed by atoms with Gasteiger partial charge >= 0.3 is 0 Å². The zero-order valence-electron chi connectivity index (χ0n) is 21.0. The predicted molar refractivity (Wildman–Crippen MR) is 130 cm³/mol. The second-order valence-corrected chi connectivity index (χ2v) is 10.7. The van der Waals surface area contributed by atoms with Gasteiger partial charge in [0.25, 0.3) is 11.8 Å². The van der Waals surface area contributed by atoms with Gasteiger partial charge in [-0.25, -0.2) is 4.98 Å². The third kappa shape index (κ3) is 8.35. The molecule has 190 valence electrons. The second kappa shape index (κ2) is 11.3. The number of amides is 3. The van der Waals surface area contributed by atoms with Crippen molar-refractivity contribution >= 4 is 23.7 Å². The molecule has 2 rings (SSSR count). The van der Waals surface area contributed by atoms with E-state index >= 15 is 0 Å². The number of hydrogen-bond acceptors (Lipinski definition) is 5. The topological polar surface area (TPSA) is 161 Å². The Morgan fingerprint density at radius 2 is 1.88 bits per heavy atom. The molecule has 11 heteroatoms. The summed E-state index contributed by atoms with van der Waals surface area (Å²) in [6, 6.07) is -1.94. The minimum atomic E-state index is -1.22. The summed E-state index contributed by atoms with van der Waals surface area (Å²) in [6.07, 6.45) is 7.38. The van der Waals surface area contributed by atoms with E-state index < -0.39 is 29.4 Å². The molecule has 0 spiro atoms. The van der Waals surface area contributed by atoms with Gasteiger partial charge in [-0.05, 0) is 44.9 Å². The van der Waals surface area contributed by atoms with Crippen LogP contribution in [0, 0.1) is 5.41 Å². The van der Waals surface area contributed by atoms with Crippen LogP contribution in [0.15, 0.2) is 23.7 Å². The first-order valence-corrected chi connectivity index (χ1v) is 11.7. The summed E-state index contributed by atoms with van der Waals surface area (Å²) in [6.45, 7) is 11.4. The fraction of sp³-hybridized carbons (Fsp3) is 0.696. The van der Waals surface area contributed by atoms with Crippen molar-refractivity contribution in [2.24, 2.45) is 21.9 Å². The molecule has 0 saturated carbocycles. The average molecular weight is 477 g/mol. The number of guanidine groups is 1. The lowest BCUT2D eigenvalue weighted by Gasteiger charge is -2.40. The third-order valence-electron chi connectivity index (χ3n) is 5.46. The van der Waals surface area contributed by atoms with E-state index in [1.165, 1.54) is 4.90 Å². The molecule has 2 unspecified atom stereocenters. The normalized spacial score (nSPS) is 19.0. The molecule has 6 N–H and O–H groups in total. The Balaban J connectivity index is 2.15. The molecular formula is C23H40N8O3. The Morgan fingerprint density at radius 3 is 2.47 bits per heavy atom. The van der Waals surface area contributed by atoms with Gasteiger partial charge in [0.2, 0.25) is 5.91 Å². The van der Waals surface area contributed by atoms with Gasteiger partial charge in [0.05, 0.1) is 6.33 Å². The van der Waals surface area contributed by atoms with Crippen molar-refractivity contribution < 1.29 is 14.4 Å². The highest BCUT2D eigenvalue weighted by atomic mass is 16.2. The van der Waals surface area contributed by atoms with Crippen molar-refractivity contribution in [2.45, 2.75) is 84.5 Å². The average Bonchev–Trinajstić information content (AvgIpc) is 3.19. The molecule has 1 aliphatic rings. The summed E-state index contributed by atoms with van der Waals surface area (Å²) in [4.78, 5) is 49.0. The number of aryl methyl sites for hydroxylation is 1. The van der Waals surface area contributed by atoms with E-state index in [1.54, 1.807) is 12.5 Å². The van der Waals surface area contributed by atoms with Crippen molar-refractivity contribution in [3.05, 3.63) is 18.7 Å². The number of carbonyl (C=O) groups excluding carboxylic acids is 3. The number of imidazole rings is 1. The first-order valence-electron chi connectivity index (χ1n) is 11.7. The van der Waals surface area contributed by atoms with Crippen LogP contribution in [0.3, 0.4) is 0 Å². The van der Waals surface area contributed by atoms with Crippen LogP contribution in [0.5, 0.6) is 0 Å². The van der Waals surface area contributed by atoms with E-state index in [4.69, 9.17) is 11.5 Å². The molecule has 0 aliphatic carbocycles. The molecule has 0 bridgehead atoms. The Morgan fingerprint density at radius 1 is 1.18 bits per heavy atom. The molecule has 0 aromatic carbocycles.